The van der Waals surface area contributed by atoms with Crippen molar-refractivity contribution in [3.8, 4) is 6.07 Å². The molecule has 0 unspecified atom stereocenters. The SMILES string of the molecule is C=C(CC)C(=O)O.C=CC#N.C=CC(=O)O.CC(=CC=C(Cl)Cl)C(=O)O. The standard InChI is InChI=1S/C6H6Cl2O2.C5H8O2.C3H3N.C3H4O2/c1-4(6(9)10)2-3-5(7)8;1-3-4(2)5(6)7;1-2-3-4;1-2-3(4)5/h2-3H,1H3,(H,9,10);2-3H2,1H3,(H,6,7);2H,1H2;2H,1H2,(H,4,5). The molecule has 0 aliphatic rings. The molecular formula is C17H21Cl2NO6. The molecule has 26 heavy (non-hydrogen) atoms. The molecule has 0 amide bonds. The zero-order valence-electron chi connectivity index (χ0n) is 14.4. The predicted octanol–water partition coefficient (Wildman–Crippen LogP) is 4.33. The molecule has 0 spiro atoms. The van der Waals surface area contributed by atoms with Crippen LogP contribution in [0.15, 0.2) is 59.7 Å². The Morgan fingerprint density at radius 3 is 1.58 bits per heavy atom. The summed E-state index contributed by atoms with van der Waals surface area (Å²) in [5, 5.41) is 31.5. The summed E-state index contributed by atoms with van der Waals surface area (Å²) < 4.78 is 0.0422. The van der Waals surface area contributed by atoms with Crippen molar-refractivity contribution >= 4 is 41.1 Å². The van der Waals surface area contributed by atoms with Crippen LogP contribution in [0.2, 0.25) is 0 Å². The lowest BCUT2D eigenvalue weighted by molar-refractivity contribution is -0.133. The molecule has 0 aromatic carbocycles. The van der Waals surface area contributed by atoms with Crippen molar-refractivity contribution in [1.82, 2.24) is 0 Å². The number of aliphatic carboxylic acids is 3. The number of carboxylic acid groups (broad SMARTS) is 3. The van der Waals surface area contributed by atoms with E-state index in [4.69, 9.17) is 43.8 Å². The van der Waals surface area contributed by atoms with Crippen LogP contribution < -0.4 is 0 Å². The van der Waals surface area contributed by atoms with E-state index in [-0.39, 0.29) is 15.6 Å². The molecule has 0 atom stereocenters. The van der Waals surface area contributed by atoms with Crippen LogP contribution in [0.25, 0.3) is 0 Å². The van der Waals surface area contributed by atoms with Crippen LogP contribution in [0, 0.1) is 11.3 Å². The Balaban J connectivity index is -0.000000133. The highest BCUT2D eigenvalue weighted by molar-refractivity contribution is 6.56. The fourth-order valence-electron chi connectivity index (χ4n) is 0.411. The molecule has 9 heteroatoms. The molecule has 0 aromatic rings. The van der Waals surface area contributed by atoms with Gasteiger partial charge in [0.1, 0.15) is 4.49 Å². The van der Waals surface area contributed by atoms with Gasteiger partial charge in [-0.15, -0.1) is 0 Å². The van der Waals surface area contributed by atoms with E-state index in [1.54, 1.807) is 13.0 Å². The van der Waals surface area contributed by atoms with Crippen LogP contribution in [-0.2, 0) is 14.4 Å². The van der Waals surface area contributed by atoms with Crippen LogP contribution in [0.1, 0.15) is 20.3 Å². The van der Waals surface area contributed by atoms with E-state index in [1.807, 2.05) is 0 Å². The molecule has 0 rings (SSSR count). The molecule has 0 saturated carbocycles. The molecule has 0 aromatic heterocycles. The first-order valence-corrected chi connectivity index (χ1v) is 7.36. The summed E-state index contributed by atoms with van der Waals surface area (Å²) >= 11 is 10.4. The first-order chi connectivity index (χ1) is 11.9. The predicted molar refractivity (Wildman–Crippen MR) is 102 cm³/mol. The topological polar surface area (TPSA) is 136 Å². The quantitative estimate of drug-likeness (QED) is 0.351. The summed E-state index contributed by atoms with van der Waals surface area (Å²) in [5.74, 6) is -2.86. The van der Waals surface area contributed by atoms with Crippen molar-refractivity contribution in [3.05, 3.63) is 59.7 Å². The van der Waals surface area contributed by atoms with E-state index >= 15 is 0 Å². The van der Waals surface area contributed by atoms with Gasteiger partial charge >= 0.3 is 17.9 Å². The third kappa shape index (κ3) is 37.4. The maximum absolute atomic E-state index is 10.1. The van der Waals surface area contributed by atoms with Gasteiger partial charge < -0.3 is 15.3 Å². The summed E-state index contributed by atoms with van der Waals surface area (Å²) in [6, 6.07) is 1.69. The van der Waals surface area contributed by atoms with Crippen LogP contribution in [-0.4, -0.2) is 33.2 Å². The van der Waals surface area contributed by atoms with E-state index in [9.17, 15) is 14.4 Å². The van der Waals surface area contributed by atoms with Crippen LogP contribution in [0.4, 0.5) is 0 Å². The van der Waals surface area contributed by atoms with E-state index in [0.717, 1.165) is 6.08 Å². The van der Waals surface area contributed by atoms with Gasteiger partial charge in [0.15, 0.2) is 0 Å². The van der Waals surface area contributed by atoms with E-state index in [2.05, 4.69) is 19.7 Å². The number of hydrogen-bond acceptors (Lipinski definition) is 4. The number of carboxylic acids is 3. The maximum Gasteiger partial charge on any atom is 0.331 e. The van der Waals surface area contributed by atoms with Gasteiger partial charge in [-0.1, -0.05) is 49.9 Å². The van der Waals surface area contributed by atoms with Crippen molar-refractivity contribution in [2.75, 3.05) is 0 Å². The molecule has 0 bridgehead atoms. The molecule has 0 heterocycles. The fourth-order valence-corrected chi connectivity index (χ4v) is 0.536. The number of rotatable bonds is 5. The van der Waals surface area contributed by atoms with E-state index in [0.29, 0.717) is 6.42 Å². The Bertz CT molecular complexity index is 597. The summed E-state index contributed by atoms with van der Waals surface area (Å²) in [6.45, 7) is 12.6. The Labute approximate surface area is 162 Å². The molecule has 0 saturated heterocycles. The fraction of sp³-hybridized carbons (Fsp3) is 0.176. The second kappa shape index (κ2) is 22.2. The number of hydrogen-bond donors (Lipinski definition) is 3. The zero-order chi connectivity index (χ0) is 21.7. The third-order valence-electron chi connectivity index (χ3n) is 1.79. The van der Waals surface area contributed by atoms with Gasteiger partial charge in [0, 0.05) is 23.3 Å². The summed E-state index contributed by atoms with van der Waals surface area (Å²) in [6.07, 6.45) is 5.18. The molecule has 3 N–H and O–H groups in total. The van der Waals surface area contributed by atoms with Crippen LogP contribution in [0.5, 0.6) is 0 Å². The lowest BCUT2D eigenvalue weighted by Gasteiger charge is -1.87. The molecular weight excluding hydrogens is 385 g/mol. The van der Waals surface area contributed by atoms with Gasteiger partial charge in [-0.25, -0.2) is 14.4 Å². The molecule has 0 radical (unpaired) electrons. The smallest absolute Gasteiger partial charge is 0.331 e. The first kappa shape index (κ1) is 31.0. The summed E-state index contributed by atoms with van der Waals surface area (Å²) in [7, 11) is 0. The van der Waals surface area contributed by atoms with Gasteiger partial charge in [-0.05, 0) is 25.5 Å². The Morgan fingerprint density at radius 2 is 1.46 bits per heavy atom. The highest BCUT2D eigenvalue weighted by Gasteiger charge is 1.96. The number of halogens is 2. The highest BCUT2D eigenvalue weighted by atomic mass is 35.5. The molecule has 0 fully saturated rings. The van der Waals surface area contributed by atoms with Crippen molar-refractivity contribution < 1.29 is 29.7 Å². The first-order valence-electron chi connectivity index (χ1n) is 6.60. The average Bonchev–Trinajstić information content (AvgIpc) is 2.59. The van der Waals surface area contributed by atoms with Crippen molar-refractivity contribution in [2.45, 2.75) is 20.3 Å². The summed E-state index contributed by atoms with van der Waals surface area (Å²) in [4.78, 5) is 29.2. The number of nitrogens with zero attached hydrogens (tertiary/aromatic N) is 1. The minimum atomic E-state index is -0.981. The highest BCUT2D eigenvalue weighted by Crippen LogP contribution is 2.07. The second-order valence-corrected chi connectivity index (χ2v) is 4.76. The lowest BCUT2D eigenvalue weighted by atomic mass is 10.2. The average molecular weight is 406 g/mol. The number of nitriles is 1. The zero-order valence-corrected chi connectivity index (χ0v) is 15.9. The van der Waals surface area contributed by atoms with Crippen molar-refractivity contribution in [3.63, 3.8) is 0 Å². The molecule has 0 aliphatic heterocycles. The van der Waals surface area contributed by atoms with Crippen LogP contribution >= 0.6 is 23.2 Å². The maximum atomic E-state index is 10.1. The largest absolute Gasteiger partial charge is 0.478 e. The number of allylic oxidation sites excluding steroid dienone is 3. The monoisotopic (exact) mass is 405 g/mol. The van der Waals surface area contributed by atoms with Crippen LogP contribution in [0.3, 0.4) is 0 Å². The van der Waals surface area contributed by atoms with E-state index < -0.39 is 17.9 Å². The molecule has 144 valence electrons. The van der Waals surface area contributed by atoms with Gasteiger partial charge in [-0.3, -0.25) is 0 Å². The lowest BCUT2D eigenvalue weighted by Crippen LogP contribution is -1.95. The summed E-state index contributed by atoms with van der Waals surface area (Å²) in [5.41, 5.74) is 0.457. The Hall–Kier alpha value is -2.82. The van der Waals surface area contributed by atoms with Gasteiger partial charge in [0.25, 0.3) is 0 Å². The second-order valence-electron chi connectivity index (χ2n) is 3.75. The van der Waals surface area contributed by atoms with Crippen molar-refractivity contribution in [1.29, 1.82) is 5.26 Å². The minimum absolute atomic E-state index is 0.0422. The Morgan fingerprint density at radius 1 is 1.08 bits per heavy atom. The Kier molecular flexibility index (Phi) is 26.4. The van der Waals surface area contributed by atoms with E-state index in [1.165, 1.54) is 25.2 Å². The minimum Gasteiger partial charge on any atom is -0.478 e. The normalized spacial score (nSPS) is 8.19. The van der Waals surface area contributed by atoms with Gasteiger partial charge in [0.05, 0.1) is 6.07 Å². The third-order valence-corrected chi connectivity index (χ3v) is 2.04. The molecule has 0 aliphatic carbocycles. The van der Waals surface area contributed by atoms with Gasteiger partial charge in [0.2, 0.25) is 0 Å². The number of carbonyl (C=O) groups is 3. The molecule has 7 nitrogen and oxygen atoms in total. The van der Waals surface area contributed by atoms with Crippen molar-refractivity contribution in [2.24, 2.45) is 0 Å². The van der Waals surface area contributed by atoms with Gasteiger partial charge in [-0.2, -0.15) is 5.26 Å².